The maximum absolute atomic E-state index is 5.90. The number of benzene rings is 2. The fourth-order valence-electron chi connectivity index (χ4n) is 3.89. The first kappa shape index (κ1) is 18.9. The number of anilines is 3. The van der Waals surface area contributed by atoms with Gasteiger partial charge in [-0.3, -0.25) is 4.68 Å². The van der Waals surface area contributed by atoms with Gasteiger partial charge in [0.2, 0.25) is 5.95 Å². The zero-order valence-corrected chi connectivity index (χ0v) is 17.4. The number of fused-ring (bicyclic) bond motifs is 2. The molecule has 0 unspecified atom stereocenters. The van der Waals surface area contributed by atoms with Gasteiger partial charge in [0.1, 0.15) is 11.6 Å². The normalized spacial score (nSPS) is 11.3. The highest BCUT2D eigenvalue weighted by Crippen LogP contribution is 2.29. The van der Waals surface area contributed by atoms with E-state index in [1.807, 2.05) is 54.5 Å². The fraction of sp³-hybridized carbons (Fsp3) is 0.174. The minimum Gasteiger partial charge on any atom is -0.497 e. The van der Waals surface area contributed by atoms with E-state index in [2.05, 4.69) is 31.4 Å². The third-order valence-electron chi connectivity index (χ3n) is 5.57. The van der Waals surface area contributed by atoms with Crippen molar-refractivity contribution in [2.75, 3.05) is 18.2 Å². The molecular weight excluding hydrogens is 390 g/mol. The van der Waals surface area contributed by atoms with Gasteiger partial charge in [-0.1, -0.05) is 6.07 Å². The van der Waals surface area contributed by atoms with E-state index in [9.17, 15) is 0 Å². The zero-order valence-electron chi connectivity index (χ0n) is 17.4. The van der Waals surface area contributed by atoms with Crippen molar-refractivity contribution < 1.29 is 4.74 Å². The largest absolute Gasteiger partial charge is 0.497 e. The van der Waals surface area contributed by atoms with Crippen molar-refractivity contribution in [2.24, 2.45) is 7.05 Å². The molecule has 0 saturated carbocycles. The molecule has 156 valence electrons. The lowest BCUT2D eigenvalue weighted by Crippen LogP contribution is -2.05. The first-order valence-corrected chi connectivity index (χ1v) is 10.1. The topological polar surface area (TPSA) is 107 Å². The number of aromatic amines is 1. The number of hydrogen-bond acceptors (Lipinski definition) is 6. The first-order valence-electron chi connectivity index (χ1n) is 10.1. The molecule has 8 heteroatoms. The Bertz CT molecular complexity index is 1390. The van der Waals surface area contributed by atoms with Gasteiger partial charge >= 0.3 is 0 Å². The summed E-state index contributed by atoms with van der Waals surface area (Å²) < 4.78 is 7.23. The molecule has 3 aromatic heterocycles. The summed E-state index contributed by atoms with van der Waals surface area (Å²) in [5, 5.41) is 9.98. The molecule has 5 aromatic rings. The molecule has 0 aliphatic heterocycles. The fourth-order valence-corrected chi connectivity index (χ4v) is 3.89. The van der Waals surface area contributed by atoms with E-state index in [-0.39, 0.29) is 5.95 Å². The zero-order chi connectivity index (χ0) is 21.4. The molecule has 0 aliphatic carbocycles. The van der Waals surface area contributed by atoms with Crippen molar-refractivity contribution in [2.45, 2.75) is 12.8 Å². The molecule has 31 heavy (non-hydrogen) atoms. The summed E-state index contributed by atoms with van der Waals surface area (Å²) in [6.45, 7) is 0. The molecule has 5 rings (SSSR count). The number of nitrogens with one attached hydrogen (secondary N) is 2. The third kappa shape index (κ3) is 3.52. The van der Waals surface area contributed by atoms with Crippen LogP contribution in [0.4, 0.5) is 17.5 Å². The lowest BCUT2D eigenvalue weighted by Gasteiger charge is -2.12. The van der Waals surface area contributed by atoms with Gasteiger partial charge in [0.25, 0.3) is 0 Å². The van der Waals surface area contributed by atoms with E-state index < -0.39 is 0 Å². The van der Waals surface area contributed by atoms with E-state index in [0.717, 1.165) is 51.6 Å². The van der Waals surface area contributed by atoms with Gasteiger partial charge in [0, 0.05) is 41.3 Å². The Kier molecular flexibility index (Phi) is 4.66. The van der Waals surface area contributed by atoms with Crippen LogP contribution in [0.1, 0.15) is 11.1 Å². The van der Waals surface area contributed by atoms with Crippen molar-refractivity contribution in [1.82, 2.24) is 24.7 Å². The molecule has 4 N–H and O–H groups in total. The number of ether oxygens (including phenoxy) is 1. The summed E-state index contributed by atoms with van der Waals surface area (Å²) in [6, 6.07) is 12.1. The first-order chi connectivity index (χ1) is 15.1. The monoisotopic (exact) mass is 413 g/mol. The van der Waals surface area contributed by atoms with Crippen LogP contribution in [0.2, 0.25) is 0 Å². The summed E-state index contributed by atoms with van der Waals surface area (Å²) in [5.74, 6) is 1.79. The van der Waals surface area contributed by atoms with Crippen LogP contribution < -0.4 is 15.8 Å². The SMILES string of the molecule is COc1ccc2[nH]cc(CCc3cnc(N)nc3Nc3cccc4c3cnn4C)c2c1. The molecule has 0 radical (unpaired) electrons. The van der Waals surface area contributed by atoms with E-state index in [1.54, 1.807) is 13.3 Å². The lowest BCUT2D eigenvalue weighted by molar-refractivity contribution is 0.415. The van der Waals surface area contributed by atoms with E-state index in [4.69, 9.17) is 10.5 Å². The minimum absolute atomic E-state index is 0.237. The van der Waals surface area contributed by atoms with Gasteiger partial charge in [0.15, 0.2) is 0 Å². The summed E-state index contributed by atoms with van der Waals surface area (Å²) in [6.07, 6.45) is 7.28. The van der Waals surface area contributed by atoms with Crippen LogP contribution in [-0.4, -0.2) is 31.8 Å². The van der Waals surface area contributed by atoms with Gasteiger partial charge in [-0.2, -0.15) is 10.1 Å². The van der Waals surface area contributed by atoms with Crippen LogP contribution in [0.25, 0.3) is 21.8 Å². The Morgan fingerprint density at radius 3 is 2.84 bits per heavy atom. The van der Waals surface area contributed by atoms with Crippen LogP contribution in [0.15, 0.2) is 55.0 Å². The number of nitrogens with zero attached hydrogens (tertiary/aromatic N) is 4. The third-order valence-corrected chi connectivity index (χ3v) is 5.57. The molecule has 0 spiro atoms. The van der Waals surface area contributed by atoms with Crippen LogP contribution in [0.5, 0.6) is 5.75 Å². The van der Waals surface area contributed by atoms with Gasteiger partial charge < -0.3 is 20.8 Å². The number of aromatic nitrogens is 5. The van der Waals surface area contributed by atoms with Crippen molar-refractivity contribution in [3.8, 4) is 5.75 Å². The summed E-state index contributed by atoms with van der Waals surface area (Å²) in [7, 11) is 3.61. The Morgan fingerprint density at radius 1 is 1.10 bits per heavy atom. The molecule has 0 saturated heterocycles. The van der Waals surface area contributed by atoms with Gasteiger partial charge in [0.05, 0.1) is 24.5 Å². The average molecular weight is 413 g/mol. The molecule has 0 bridgehead atoms. The van der Waals surface area contributed by atoms with Crippen molar-refractivity contribution in [1.29, 1.82) is 0 Å². The van der Waals surface area contributed by atoms with Gasteiger partial charge in [-0.05, 0) is 48.7 Å². The molecule has 0 aliphatic rings. The van der Waals surface area contributed by atoms with Crippen LogP contribution >= 0.6 is 0 Å². The van der Waals surface area contributed by atoms with Crippen molar-refractivity contribution in [3.63, 3.8) is 0 Å². The average Bonchev–Trinajstić information content (AvgIpc) is 3.37. The highest BCUT2D eigenvalue weighted by atomic mass is 16.5. The second kappa shape index (κ2) is 7.64. The Hall–Kier alpha value is -4.07. The molecule has 3 heterocycles. The maximum atomic E-state index is 5.90. The second-order valence-electron chi connectivity index (χ2n) is 7.46. The maximum Gasteiger partial charge on any atom is 0.221 e. The molecule has 2 aromatic carbocycles. The lowest BCUT2D eigenvalue weighted by atomic mass is 10.0. The number of hydrogen-bond donors (Lipinski definition) is 3. The Labute approximate surface area is 179 Å². The predicted octanol–water partition coefficient (Wildman–Crippen LogP) is 3.96. The van der Waals surface area contributed by atoms with Crippen LogP contribution in [-0.2, 0) is 19.9 Å². The quantitative estimate of drug-likeness (QED) is 0.389. The van der Waals surface area contributed by atoms with E-state index in [0.29, 0.717) is 5.82 Å². The minimum atomic E-state index is 0.237. The van der Waals surface area contributed by atoms with Gasteiger partial charge in [-0.15, -0.1) is 0 Å². The number of methoxy groups -OCH3 is 1. The molecule has 0 fully saturated rings. The number of nitrogen functional groups attached to an aromatic ring is 1. The second-order valence-corrected chi connectivity index (χ2v) is 7.46. The predicted molar refractivity (Wildman–Crippen MR) is 123 cm³/mol. The number of aryl methyl sites for hydroxylation is 3. The Morgan fingerprint density at radius 2 is 1.97 bits per heavy atom. The van der Waals surface area contributed by atoms with Crippen LogP contribution in [0, 0.1) is 0 Å². The van der Waals surface area contributed by atoms with Crippen LogP contribution in [0.3, 0.4) is 0 Å². The number of nitrogens with two attached hydrogens (primary N) is 1. The highest BCUT2D eigenvalue weighted by Gasteiger charge is 2.12. The van der Waals surface area contributed by atoms with Crippen molar-refractivity contribution >= 4 is 39.3 Å². The molecular formula is C23H23N7O. The molecule has 8 nitrogen and oxygen atoms in total. The van der Waals surface area contributed by atoms with E-state index >= 15 is 0 Å². The summed E-state index contributed by atoms with van der Waals surface area (Å²) in [5.41, 5.74) is 11.2. The molecule has 0 atom stereocenters. The molecule has 0 amide bonds. The van der Waals surface area contributed by atoms with Gasteiger partial charge in [-0.25, -0.2) is 4.98 Å². The number of rotatable bonds is 6. The highest BCUT2D eigenvalue weighted by molar-refractivity contribution is 5.93. The summed E-state index contributed by atoms with van der Waals surface area (Å²) >= 11 is 0. The standard InChI is InChI=1S/C23H23N7O/c1-30-21-5-3-4-20(18(21)13-27-30)28-22-15(12-26-23(24)29-22)7-6-14-11-25-19-9-8-16(31-2)10-17(14)19/h3-5,8-13,25H,6-7H2,1-2H3,(H3,24,26,28,29). The Balaban J connectivity index is 1.44. The summed E-state index contributed by atoms with van der Waals surface area (Å²) in [4.78, 5) is 12.0. The van der Waals surface area contributed by atoms with E-state index in [1.165, 1.54) is 5.56 Å². The number of H-pyrrole nitrogens is 1. The smallest absolute Gasteiger partial charge is 0.221 e. The van der Waals surface area contributed by atoms with Crippen molar-refractivity contribution in [3.05, 3.63) is 66.1 Å².